The van der Waals surface area contributed by atoms with E-state index in [1.54, 1.807) is 30.3 Å². The smallest absolute Gasteiger partial charge is 0.488 e. The van der Waals surface area contributed by atoms with E-state index in [1.807, 2.05) is 54.6 Å². The van der Waals surface area contributed by atoms with Gasteiger partial charge < -0.3 is 34.4 Å². The number of carbonyl (C=O) groups excluding carboxylic acids is 4. The number of ether oxygens (including phenoxy) is 2. The summed E-state index contributed by atoms with van der Waals surface area (Å²) in [6.07, 6.45) is 3.32. The maximum atomic E-state index is 13.3. The Balaban J connectivity index is 0.683. The summed E-state index contributed by atoms with van der Waals surface area (Å²) in [5.74, 6) is 0.649. The van der Waals surface area contributed by atoms with Gasteiger partial charge in [-0.1, -0.05) is 30.3 Å². The molecule has 16 heteroatoms. The van der Waals surface area contributed by atoms with Crippen molar-refractivity contribution in [2.24, 2.45) is 0 Å². The van der Waals surface area contributed by atoms with Crippen molar-refractivity contribution in [3.8, 4) is 33.4 Å². The van der Waals surface area contributed by atoms with Crippen molar-refractivity contribution in [1.82, 2.24) is 24.9 Å². The van der Waals surface area contributed by atoms with Crippen molar-refractivity contribution in [3.05, 3.63) is 102 Å². The van der Waals surface area contributed by atoms with Crippen LogP contribution in [0.25, 0.3) is 20.5 Å². The Morgan fingerprint density at radius 1 is 0.714 bits per heavy atom. The largest absolute Gasteiger partial charge is 0.508 e. The fourth-order valence-electron chi connectivity index (χ4n) is 9.16. The minimum Gasteiger partial charge on any atom is -0.508 e. The number of phenols is 1. The van der Waals surface area contributed by atoms with Crippen molar-refractivity contribution in [3.63, 3.8) is 0 Å². The van der Waals surface area contributed by atoms with E-state index in [9.17, 15) is 34.3 Å². The van der Waals surface area contributed by atoms with Gasteiger partial charge in [0.2, 0.25) is 11.8 Å². The lowest BCUT2D eigenvalue weighted by Crippen LogP contribution is -2.54. The third kappa shape index (κ3) is 9.37. The molecule has 4 amide bonds. The maximum absolute atomic E-state index is 13.3. The van der Waals surface area contributed by atoms with Gasteiger partial charge in [0.05, 0.1) is 16.0 Å². The molecule has 4 N–H and O–H groups in total. The molecule has 1 aromatic heterocycles. The summed E-state index contributed by atoms with van der Waals surface area (Å²) in [5, 5.41) is 32.3. The normalized spacial score (nSPS) is 19.1. The summed E-state index contributed by atoms with van der Waals surface area (Å²) in [4.78, 5) is 59.9. The van der Waals surface area contributed by atoms with Gasteiger partial charge in [0.25, 0.3) is 11.8 Å². The Kier molecular flexibility index (Phi) is 12.6. The highest BCUT2D eigenvalue weighted by atomic mass is 32.1. The molecule has 0 aliphatic carbocycles. The number of hydrogen-bond donors (Lipinski definition) is 4. The molecule has 3 saturated heterocycles. The van der Waals surface area contributed by atoms with Crippen LogP contribution in [0, 0.1) is 0 Å². The number of benzene rings is 4. The number of rotatable bonds is 14. The van der Waals surface area contributed by atoms with Crippen LogP contribution < -0.4 is 20.3 Å². The molecular formula is C47H50BN5O9S. The van der Waals surface area contributed by atoms with Crippen LogP contribution in [0.5, 0.6) is 23.0 Å². The van der Waals surface area contributed by atoms with Crippen LogP contribution in [0.15, 0.2) is 84.9 Å². The zero-order chi connectivity index (χ0) is 43.6. The van der Waals surface area contributed by atoms with Crippen LogP contribution in [0.1, 0.15) is 64.3 Å². The average Bonchev–Trinajstić information content (AvgIpc) is 3.76. The van der Waals surface area contributed by atoms with E-state index in [0.29, 0.717) is 40.6 Å². The maximum Gasteiger partial charge on any atom is 0.488 e. The second-order valence-electron chi connectivity index (χ2n) is 16.8. The third-order valence-corrected chi connectivity index (χ3v) is 13.9. The quantitative estimate of drug-likeness (QED) is 0.0917. The molecule has 4 aliphatic rings. The van der Waals surface area contributed by atoms with Crippen LogP contribution in [0.4, 0.5) is 0 Å². The van der Waals surface area contributed by atoms with Crippen LogP contribution in [0.3, 0.4) is 0 Å². The number of thiophene rings is 1. The minimum absolute atomic E-state index is 0.102. The lowest BCUT2D eigenvalue weighted by Gasteiger charge is -2.36. The van der Waals surface area contributed by atoms with Crippen molar-refractivity contribution >= 4 is 57.6 Å². The molecule has 14 nitrogen and oxygen atoms in total. The van der Waals surface area contributed by atoms with Crippen molar-refractivity contribution in [1.29, 1.82) is 0 Å². The Bertz CT molecular complexity index is 2500. The predicted octanol–water partition coefficient (Wildman–Crippen LogP) is 4.41. The number of hydrogen-bond acceptors (Lipinski definition) is 13. The molecule has 4 aliphatic heterocycles. The number of carbonyl (C=O) groups is 4. The first-order valence-corrected chi connectivity index (χ1v) is 22.5. The number of phenolic OH excluding ortho intramolecular Hbond substituents is 1. The zero-order valence-corrected chi connectivity index (χ0v) is 35.7. The monoisotopic (exact) mass is 871 g/mol. The lowest BCUT2D eigenvalue weighted by molar-refractivity contribution is -0.136. The predicted molar refractivity (Wildman–Crippen MR) is 240 cm³/mol. The topological polar surface area (TPSA) is 172 Å². The highest BCUT2D eigenvalue weighted by molar-refractivity contribution is 7.22. The van der Waals surface area contributed by atoms with E-state index < -0.39 is 30.9 Å². The second kappa shape index (κ2) is 18.6. The molecule has 326 valence electrons. The Morgan fingerprint density at radius 3 is 2.08 bits per heavy atom. The first-order chi connectivity index (χ1) is 30.6. The molecule has 3 fully saturated rings. The van der Waals surface area contributed by atoms with Crippen molar-refractivity contribution < 1.29 is 43.8 Å². The first-order valence-electron chi connectivity index (χ1n) is 21.7. The molecule has 1 atom stereocenters. The molecule has 0 saturated carbocycles. The first kappa shape index (κ1) is 42.7. The summed E-state index contributed by atoms with van der Waals surface area (Å²) in [5.41, 5.74) is 3.00. The summed E-state index contributed by atoms with van der Waals surface area (Å²) in [7, 11) is -1.55. The van der Waals surface area contributed by atoms with E-state index in [0.717, 1.165) is 115 Å². The van der Waals surface area contributed by atoms with Crippen LogP contribution in [0.2, 0.25) is 0 Å². The number of nitrogens with one attached hydrogen (secondary N) is 1. The summed E-state index contributed by atoms with van der Waals surface area (Å²) in [6.45, 7) is 9.55. The van der Waals surface area contributed by atoms with Gasteiger partial charge in [-0.2, -0.15) is 0 Å². The lowest BCUT2D eigenvalue weighted by atomic mass is 9.80. The van der Waals surface area contributed by atoms with Gasteiger partial charge in [0.1, 0.15) is 29.9 Å². The van der Waals surface area contributed by atoms with Crippen LogP contribution in [-0.2, 0) is 9.59 Å². The highest BCUT2D eigenvalue weighted by Gasteiger charge is 2.45. The third-order valence-electron chi connectivity index (χ3n) is 12.8. The van der Waals surface area contributed by atoms with Gasteiger partial charge in [-0.25, -0.2) is 0 Å². The van der Waals surface area contributed by atoms with E-state index in [4.69, 9.17) is 9.47 Å². The Hall–Kier alpha value is -5.62. The van der Waals surface area contributed by atoms with Gasteiger partial charge >= 0.3 is 7.12 Å². The molecule has 0 spiro atoms. The molecule has 9 rings (SSSR count). The Labute approximate surface area is 369 Å². The number of piperazine rings is 1. The number of fused-ring (bicyclic) bond motifs is 2. The number of nitrogens with zero attached hydrogens (tertiary/aromatic N) is 4. The van der Waals surface area contributed by atoms with Gasteiger partial charge in [-0.3, -0.25) is 34.3 Å². The van der Waals surface area contributed by atoms with Crippen LogP contribution in [-0.4, -0.2) is 137 Å². The SMILES string of the molecule is O=C1CCC(N2C(=O)c3ccc(C4CCN(CCCN5CCN(CCOc6ccc(Oc7c(-c8ccc(B(O)O)cc8)sc8cc(O)ccc78)cc6)CC5)CC4)cc3C2=O)C(=O)N1. The van der Waals surface area contributed by atoms with E-state index in [-0.39, 0.29) is 24.5 Å². The average molecular weight is 872 g/mol. The molecular weight excluding hydrogens is 821 g/mol. The van der Waals surface area contributed by atoms with E-state index >= 15 is 0 Å². The molecule has 5 heterocycles. The standard InChI is InChI=1S/C47H50BN5O9S/c54-34-7-13-38-41(29-34)63-44(31-2-5-33(6-3-31)48(59)60)43(38)62-36-10-8-35(9-11-36)61-27-26-52-24-22-51(23-25-52)19-1-18-50-20-16-30(17-21-50)32-4-12-37-39(28-32)47(58)53(46(37)57)40-14-15-42(55)49-45(40)56/h2-13,28-30,40,54,59-60H,1,14-27H2,(H,49,55,56). The molecule has 63 heavy (non-hydrogen) atoms. The number of amides is 4. The Morgan fingerprint density at radius 2 is 1.38 bits per heavy atom. The van der Waals surface area contributed by atoms with Crippen molar-refractivity contribution in [2.75, 3.05) is 65.5 Å². The number of likely N-dealkylation sites (tertiary alicyclic amines) is 1. The molecule has 0 radical (unpaired) electrons. The fraction of sp³-hybridized carbons (Fsp3) is 0.362. The fourth-order valence-corrected chi connectivity index (χ4v) is 10.3. The van der Waals surface area contributed by atoms with Gasteiger partial charge in [0, 0.05) is 49.2 Å². The van der Waals surface area contributed by atoms with Gasteiger partial charge in [-0.05, 0) is 129 Å². The number of piperidine rings is 2. The summed E-state index contributed by atoms with van der Waals surface area (Å²) in [6, 6.07) is 24.4. The molecule has 1 unspecified atom stereocenters. The molecule has 4 aromatic carbocycles. The van der Waals surface area contributed by atoms with E-state index in [2.05, 4.69) is 20.0 Å². The minimum atomic E-state index is -1.55. The van der Waals surface area contributed by atoms with Crippen molar-refractivity contribution in [2.45, 2.75) is 44.1 Å². The highest BCUT2D eigenvalue weighted by Crippen LogP contribution is 2.47. The van der Waals surface area contributed by atoms with E-state index in [1.165, 1.54) is 11.3 Å². The second-order valence-corrected chi connectivity index (χ2v) is 17.8. The molecule has 5 aromatic rings. The van der Waals surface area contributed by atoms with Gasteiger partial charge in [0.15, 0.2) is 5.75 Å². The summed E-state index contributed by atoms with van der Waals surface area (Å²) < 4.78 is 13.4. The summed E-state index contributed by atoms with van der Waals surface area (Å²) >= 11 is 1.49. The van der Waals surface area contributed by atoms with Gasteiger partial charge in [-0.15, -0.1) is 11.3 Å². The zero-order valence-electron chi connectivity index (χ0n) is 34.9. The van der Waals surface area contributed by atoms with Crippen LogP contribution >= 0.6 is 11.3 Å². The number of aromatic hydroxyl groups is 1. The molecule has 0 bridgehead atoms. The number of imide groups is 2.